The standard InChI is InChI=1S/C4H4O2S/c1-3-2-6-4(5)7-3/h2H,1H3. The first-order valence-electron chi connectivity index (χ1n) is 1.84. The van der Waals surface area contributed by atoms with Crippen LogP contribution in [-0.2, 0) is 0 Å². The topological polar surface area (TPSA) is 30.2 Å². The van der Waals surface area contributed by atoms with Crippen molar-refractivity contribution in [2.24, 2.45) is 0 Å². The molecule has 1 heterocycles. The molecule has 0 bridgehead atoms. The highest BCUT2D eigenvalue weighted by Gasteiger charge is 1.87. The lowest BCUT2D eigenvalue weighted by atomic mass is 10.7. The van der Waals surface area contributed by atoms with Crippen LogP contribution in [0.15, 0.2) is 15.5 Å². The number of rotatable bonds is 0. The van der Waals surface area contributed by atoms with Crippen molar-refractivity contribution in [2.45, 2.75) is 6.92 Å². The molecule has 0 saturated heterocycles. The third-order valence-corrected chi connectivity index (χ3v) is 1.25. The first-order valence-corrected chi connectivity index (χ1v) is 2.66. The third-order valence-electron chi connectivity index (χ3n) is 0.565. The highest BCUT2D eigenvalue weighted by Crippen LogP contribution is 1.96. The Morgan fingerprint density at radius 2 is 2.57 bits per heavy atom. The van der Waals surface area contributed by atoms with Crippen molar-refractivity contribution in [1.29, 1.82) is 0 Å². The highest BCUT2D eigenvalue weighted by atomic mass is 32.1. The molecule has 0 radical (unpaired) electrons. The van der Waals surface area contributed by atoms with Crippen LogP contribution in [0.3, 0.4) is 0 Å². The Morgan fingerprint density at radius 1 is 1.86 bits per heavy atom. The minimum atomic E-state index is -0.225. The van der Waals surface area contributed by atoms with Crippen LogP contribution >= 0.6 is 11.3 Å². The van der Waals surface area contributed by atoms with E-state index in [1.165, 1.54) is 6.26 Å². The molecule has 2 nitrogen and oxygen atoms in total. The van der Waals surface area contributed by atoms with Gasteiger partial charge in [0.2, 0.25) is 0 Å². The summed E-state index contributed by atoms with van der Waals surface area (Å²) in [5.41, 5.74) is 0. The van der Waals surface area contributed by atoms with E-state index in [0.717, 1.165) is 16.2 Å². The SMILES string of the molecule is Cc1coc(=O)s1. The van der Waals surface area contributed by atoms with E-state index < -0.39 is 0 Å². The van der Waals surface area contributed by atoms with E-state index in [-0.39, 0.29) is 4.94 Å². The van der Waals surface area contributed by atoms with Gasteiger partial charge >= 0.3 is 4.94 Å². The van der Waals surface area contributed by atoms with Crippen molar-refractivity contribution in [3.05, 3.63) is 20.9 Å². The Morgan fingerprint density at radius 3 is 2.71 bits per heavy atom. The fourth-order valence-electron chi connectivity index (χ4n) is 0.311. The van der Waals surface area contributed by atoms with Gasteiger partial charge in [0.25, 0.3) is 0 Å². The molecule has 3 heteroatoms. The van der Waals surface area contributed by atoms with Gasteiger partial charge in [-0.25, -0.2) is 4.79 Å². The minimum absolute atomic E-state index is 0.225. The quantitative estimate of drug-likeness (QED) is 0.506. The van der Waals surface area contributed by atoms with Gasteiger partial charge in [-0.3, -0.25) is 0 Å². The van der Waals surface area contributed by atoms with E-state index >= 15 is 0 Å². The smallest absolute Gasteiger partial charge is 0.395 e. The molecular formula is C4H4O2S. The van der Waals surface area contributed by atoms with Crippen LogP contribution in [-0.4, -0.2) is 0 Å². The lowest BCUT2D eigenvalue weighted by molar-refractivity contribution is 0.535. The molecule has 0 saturated carbocycles. The summed E-state index contributed by atoms with van der Waals surface area (Å²) in [5, 5.41) is 0. The molecule has 7 heavy (non-hydrogen) atoms. The summed E-state index contributed by atoms with van der Waals surface area (Å²) in [5.74, 6) is 0. The zero-order chi connectivity index (χ0) is 5.28. The Labute approximate surface area is 44.4 Å². The highest BCUT2D eigenvalue weighted by molar-refractivity contribution is 7.08. The molecule has 0 atom stereocenters. The van der Waals surface area contributed by atoms with Crippen LogP contribution in [0.4, 0.5) is 0 Å². The second-order valence-corrected chi connectivity index (χ2v) is 2.38. The summed E-state index contributed by atoms with van der Waals surface area (Å²) in [6.07, 6.45) is 1.45. The zero-order valence-corrected chi connectivity index (χ0v) is 4.62. The Balaban J connectivity index is 3.30. The Hall–Kier alpha value is -0.570. The molecule has 0 amide bonds. The maximum atomic E-state index is 10.1. The van der Waals surface area contributed by atoms with Gasteiger partial charge in [0.05, 0.1) is 0 Å². The third kappa shape index (κ3) is 0.899. The largest absolute Gasteiger partial charge is 0.422 e. The average Bonchev–Trinajstić information content (AvgIpc) is 1.87. The monoisotopic (exact) mass is 116 g/mol. The Kier molecular flexibility index (Phi) is 0.982. The van der Waals surface area contributed by atoms with Crippen molar-refractivity contribution in [3.63, 3.8) is 0 Å². The summed E-state index contributed by atoms with van der Waals surface area (Å²) in [7, 11) is 0. The van der Waals surface area contributed by atoms with Crippen LogP contribution in [0.25, 0.3) is 0 Å². The molecule has 0 aromatic carbocycles. The van der Waals surface area contributed by atoms with Crippen LogP contribution in [0.1, 0.15) is 4.88 Å². The van der Waals surface area contributed by atoms with Crippen molar-refractivity contribution in [2.75, 3.05) is 0 Å². The first-order chi connectivity index (χ1) is 3.29. The first kappa shape index (κ1) is 4.59. The van der Waals surface area contributed by atoms with Crippen molar-refractivity contribution >= 4 is 11.3 Å². The molecular weight excluding hydrogens is 112 g/mol. The second kappa shape index (κ2) is 1.50. The molecule has 1 aromatic heterocycles. The van der Waals surface area contributed by atoms with Crippen molar-refractivity contribution in [1.82, 2.24) is 0 Å². The number of hydrogen-bond acceptors (Lipinski definition) is 3. The molecule has 0 N–H and O–H groups in total. The van der Waals surface area contributed by atoms with Crippen LogP contribution < -0.4 is 4.94 Å². The number of hydrogen-bond donors (Lipinski definition) is 0. The molecule has 1 aromatic rings. The minimum Gasteiger partial charge on any atom is -0.422 e. The van der Waals surface area contributed by atoms with Gasteiger partial charge in [0.15, 0.2) is 0 Å². The van der Waals surface area contributed by atoms with Crippen molar-refractivity contribution in [3.8, 4) is 0 Å². The number of aryl methyl sites for hydroxylation is 1. The predicted octanol–water partition coefficient (Wildman–Crippen LogP) is 1.01. The maximum Gasteiger partial charge on any atom is 0.395 e. The molecule has 38 valence electrons. The van der Waals surface area contributed by atoms with E-state index in [2.05, 4.69) is 4.42 Å². The lowest BCUT2D eigenvalue weighted by Gasteiger charge is -1.60. The van der Waals surface area contributed by atoms with Gasteiger partial charge in [-0.2, -0.15) is 0 Å². The lowest BCUT2D eigenvalue weighted by Crippen LogP contribution is -1.78. The van der Waals surface area contributed by atoms with E-state index in [0.29, 0.717) is 0 Å². The zero-order valence-electron chi connectivity index (χ0n) is 3.80. The fourth-order valence-corrected chi connectivity index (χ4v) is 0.766. The van der Waals surface area contributed by atoms with E-state index in [9.17, 15) is 4.79 Å². The molecule has 1 rings (SSSR count). The van der Waals surface area contributed by atoms with Gasteiger partial charge in [0.1, 0.15) is 6.26 Å². The average molecular weight is 116 g/mol. The summed E-state index contributed by atoms with van der Waals surface area (Å²) in [6.45, 7) is 1.83. The van der Waals surface area contributed by atoms with E-state index in [4.69, 9.17) is 0 Å². The predicted molar refractivity (Wildman–Crippen MR) is 27.6 cm³/mol. The molecule has 0 aliphatic rings. The second-order valence-electron chi connectivity index (χ2n) is 1.20. The summed E-state index contributed by atoms with van der Waals surface area (Å²) < 4.78 is 4.43. The normalized spacial score (nSPS) is 9.29. The maximum absolute atomic E-state index is 10.1. The van der Waals surface area contributed by atoms with E-state index in [1.54, 1.807) is 0 Å². The van der Waals surface area contributed by atoms with Crippen LogP contribution in [0.5, 0.6) is 0 Å². The van der Waals surface area contributed by atoms with Gasteiger partial charge in [-0.1, -0.05) is 11.3 Å². The summed E-state index contributed by atoms with van der Waals surface area (Å²) >= 11 is 1.12. The molecule has 0 spiro atoms. The van der Waals surface area contributed by atoms with Crippen LogP contribution in [0.2, 0.25) is 0 Å². The summed E-state index contributed by atoms with van der Waals surface area (Å²) in [4.78, 5) is 10.8. The molecule has 0 aliphatic carbocycles. The summed E-state index contributed by atoms with van der Waals surface area (Å²) in [6, 6.07) is 0. The van der Waals surface area contributed by atoms with Crippen molar-refractivity contribution < 1.29 is 4.42 Å². The van der Waals surface area contributed by atoms with E-state index in [1.807, 2.05) is 6.92 Å². The fraction of sp³-hybridized carbons (Fsp3) is 0.250. The Bertz CT molecular complexity index is 197. The van der Waals surface area contributed by atoms with Gasteiger partial charge in [-0.05, 0) is 6.92 Å². The van der Waals surface area contributed by atoms with Gasteiger partial charge in [-0.15, -0.1) is 0 Å². The molecule has 0 fully saturated rings. The molecule has 0 aliphatic heterocycles. The molecule has 0 unspecified atom stereocenters. The van der Waals surface area contributed by atoms with Gasteiger partial charge < -0.3 is 4.42 Å². The van der Waals surface area contributed by atoms with Gasteiger partial charge in [0, 0.05) is 4.88 Å². The van der Waals surface area contributed by atoms with Crippen LogP contribution in [0, 0.1) is 6.92 Å².